The SMILES string of the molecule is COc1cc(-c2noc(-c3ccccc3NC(=O)COc3ccc(Cl)c(C)c3)n2)cc(OC)c1OC. The molecule has 0 spiro atoms. The first-order valence-corrected chi connectivity index (χ1v) is 11.2. The summed E-state index contributed by atoms with van der Waals surface area (Å²) in [6.45, 7) is 1.68. The number of anilines is 1. The van der Waals surface area contributed by atoms with E-state index in [1.165, 1.54) is 21.3 Å². The largest absolute Gasteiger partial charge is 0.493 e. The van der Waals surface area contributed by atoms with Crippen LogP contribution < -0.4 is 24.3 Å². The number of nitrogens with one attached hydrogen (secondary N) is 1. The molecule has 1 aromatic heterocycles. The lowest BCUT2D eigenvalue weighted by Crippen LogP contribution is -2.20. The summed E-state index contributed by atoms with van der Waals surface area (Å²) in [4.78, 5) is 17.1. The highest BCUT2D eigenvalue weighted by molar-refractivity contribution is 6.31. The number of halogens is 1. The Balaban J connectivity index is 1.54. The molecule has 0 fully saturated rings. The first-order valence-electron chi connectivity index (χ1n) is 10.9. The van der Waals surface area contributed by atoms with Crippen molar-refractivity contribution in [2.24, 2.45) is 0 Å². The van der Waals surface area contributed by atoms with Gasteiger partial charge in [-0.3, -0.25) is 4.79 Å². The quantitative estimate of drug-likeness (QED) is 0.319. The van der Waals surface area contributed by atoms with Crippen LogP contribution in [-0.4, -0.2) is 44.0 Å². The molecule has 0 unspecified atom stereocenters. The second-order valence-electron chi connectivity index (χ2n) is 7.63. The van der Waals surface area contributed by atoms with E-state index in [-0.39, 0.29) is 18.4 Å². The fraction of sp³-hybridized carbons (Fsp3) is 0.192. The normalized spacial score (nSPS) is 10.6. The molecule has 0 aliphatic carbocycles. The molecule has 0 radical (unpaired) electrons. The fourth-order valence-electron chi connectivity index (χ4n) is 3.48. The Morgan fingerprint density at radius 2 is 1.72 bits per heavy atom. The average Bonchev–Trinajstić information content (AvgIpc) is 3.39. The molecule has 10 heteroatoms. The van der Waals surface area contributed by atoms with Gasteiger partial charge in [-0.25, -0.2) is 0 Å². The van der Waals surface area contributed by atoms with Gasteiger partial charge in [0.1, 0.15) is 5.75 Å². The van der Waals surface area contributed by atoms with Crippen LogP contribution in [0.1, 0.15) is 5.56 Å². The third-order valence-corrected chi connectivity index (χ3v) is 5.70. The minimum Gasteiger partial charge on any atom is -0.493 e. The van der Waals surface area contributed by atoms with Crippen molar-refractivity contribution in [1.29, 1.82) is 0 Å². The van der Waals surface area contributed by atoms with Crippen molar-refractivity contribution in [2.75, 3.05) is 33.3 Å². The minimum absolute atomic E-state index is 0.185. The highest BCUT2D eigenvalue weighted by Crippen LogP contribution is 2.41. The number of carbonyl (C=O) groups is 1. The molecule has 0 saturated carbocycles. The molecular formula is C26H24ClN3O6. The van der Waals surface area contributed by atoms with Crippen molar-refractivity contribution in [2.45, 2.75) is 6.92 Å². The molecule has 4 rings (SSSR count). The number of amides is 1. The molecule has 0 bridgehead atoms. The summed E-state index contributed by atoms with van der Waals surface area (Å²) in [5, 5.41) is 7.56. The van der Waals surface area contributed by atoms with Crippen LogP contribution in [0.2, 0.25) is 5.02 Å². The lowest BCUT2D eigenvalue weighted by atomic mass is 10.1. The Hall–Kier alpha value is -4.24. The molecular weight excluding hydrogens is 486 g/mol. The van der Waals surface area contributed by atoms with Gasteiger partial charge >= 0.3 is 0 Å². The number of hydrogen-bond donors (Lipinski definition) is 1. The van der Waals surface area contributed by atoms with Gasteiger partial charge in [-0.1, -0.05) is 28.9 Å². The number of hydrogen-bond acceptors (Lipinski definition) is 8. The summed E-state index contributed by atoms with van der Waals surface area (Å²) in [5.74, 6) is 2.11. The van der Waals surface area contributed by atoms with Gasteiger partial charge in [-0.05, 0) is 55.0 Å². The van der Waals surface area contributed by atoms with E-state index in [0.29, 0.717) is 50.7 Å². The highest BCUT2D eigenvalue weighted by atomic mass is 35.5. The molecule has 0 atom stereocenters. The smallest absolute Gasteiger partial charge is 0.262 e. The van der Waals surface area contributed by atoms with Crippen molar-refractivity contribution < 1.29 is 28.3 Å². The number of benzene rings is 3. The van der Waals surface area contributed by atoms with E-state index in [0.717, 1.165) is 5.56 Å². The molecule has 3 aromatic carbocycles. The number of aromatic nitrogens is 2. The van der Waals surface area contributed by atoms with E-state index in [2.05, 4.69) is 15.5 Å². The van der Waals surface area contributed by atoms with Gasteiger partial charge in [-0.15, -0.1) is 0 Å². The predicted octanol–water partition coefficient (Wildman–Crippen LogP) is 5.41. The number of carbonyl (C=O) groups excluding carboxylic acids is 1. The van der Waals surface area contributed by atoms with Gasteiger partial charge < -0.3 is 28.8 Å². The minimum atomic E-state index is -0.348. The fourth-order valence-corrected chi connectivity index (χ4v) is 3.60. The molecule has 1 amide bonds. The summed E-state index contributed by atoms with van der Waals surface area (Å²) < 4.78 is 27.3. The Morgan fingerprint density at radius 1 is 1.00 bits per heavy atom. The molecule has 0 aliphatic heterocycles. The number of rotatable bonds is 9. The Labute approximate surface area is 212 Å². The zero-order valence-electron chi connectivity index (χ0n) is 20.1. The van der Waals surface area contributed by atoms with Crippen molar-refractivity contribution in [3.05, 3.63) is 65.2 Å². The van der Waals surface area contributed by atoms with Crippen LogP contribution in [0.25, 0.3) is 22.8 Å². The van der Waals surface area contributed by atoms with Crippen molar-refractivity contribution in [3.63, 3.8) is 0 Å². The summed E-state index contributed by atoms with van der Waals surface area (Å²) in [7, 11) is 4.58. The molecule has 36 heavy (non-hydrogen) atoms. The molecule has 1 N–H and O–H groups in total. The van der Waals surface area contributed by atoms with E-state index in [1.54, 1.807) is 54.6 Å². The van der Waals surface area contributed by atoms with Crippen LogP contribution in [0.3, 0.4) is 0 Å². The number of methoxy groups -OCH3 is 3. The van der Waals surface area contributed by atoms with E-state index >= 15 is 0 Å². The zero-order chi connectivity index (χ0) is 25.7. The van der Waals surface area contributed by atoms with Crippen LogP contribution in [0.4, 0.5) is 5.69 Å². The number of aryl methyl sites for hydroxylation is 1. The highest BCUT2D eigenvalue weighted by Gasteiger charge is 2.19. The van der Waals surface area contributed by atoms with Gasteiger partial charge in [0.25, 0.3) is 11.8 Å². The second kappa shape index (κ2) is 11.0. The standard InChI is InChI=1S/C26H24ClN3O6/c1-15-11-17(9-10-19(15)27)35-14-23(31)28-20-8-6-5-7-18(20)26-29-25(30-36-26)16-12-21(32-2)24(34-4)22(13-16)33-3/h5-13H,14H2,1-4H3,(H,28,31). The number of nitrogens with zero attached hydrogens (tertiary/aromatic N) is 2. The van der Waals surface area contributed by atoms with Crippen molar-refractivity contribution in [3.8, 4) is 45.8 Å². The number of ether oxygens (including phenoxy) is 4. The van der Waals surface area contributed by atoms with Gasteiger partial charge in [0.15, 0.2) is 18.1 Å². The molecule has 186 valence electrons. The van der Waals surface area contributed by atoms with Gasteiger partial charge in [-0.2, -0.15) is 4.98 Å². The van der Waals surface area contributed by atoms with Crippen molar-refractivity contribution >= 4 is 23.2 Å². The van der Waals surface area contributed by atoms with Gasteiger partial charge in [0.2, 0.25) is 11.6 Å². The molecule has 1 heterocycles. The van der Waals surface area contributed by atoms with Crippen LogP contribution in [0, 0.1) is 6.92 Å². The van der Waals surface area contributed by atoms with Crippen LogP contribution in [0.15, 0.2) is 59.1 Å². The monoisotopic (exact) mass is 509 g/mol. The van der Waals surface area contributed by atoms with Crippen molar-refractivity contribution in [1.82, 2.24) is 10.1 Å². The Morgan fingerprint density at radius 3 is 2.39 bits per heavy atom. The second-order valence-corrected chi connectivity index (χ2v) is 8.04. The average molecular weight is 510 g/mol. The van der Waals surface area contributed by atoms with Gasteiger partial charge in [0.05, 0.1) is 32.6 Å². The maximum absolute atomic E-state index is 12.6. The molecule has 4 aromatic rings. The zero-order valence-corrected chi connectivity index (χ0v) is 20.9. The predicted molar refractivity (Wildman–Crippen MR) is 135 cm³/mol. The third kappa shape index (κ3) is 5.36. The first kappa shape index (κ1) is 24.9. The molecule has 0 saturated heterocycles. The topological polar surface area (TPSA) is 105 Å². The van der Waals surface area contributed by atoms with E-state index in [1.807, 2.05) is 6.92 Å². The number of para-hydroxylation sites is 1. The first-order chi connectivity index (χ1) is 17.4. The lowest BCUT2D eigenvalue weighted by molar-refractivity contribution is -0.118. The Bertz CT molecular complexity index is 1360. The molecule has 9 nitrogen and oxygen atoms in total. The van der Waals surface area contributed by atoms with E-state index in [4.69, 9.17) is 35.1 Å². The van der Waals surface area contributed by atoms with Crippen LogP contribution in [0.5, 0.6) is 23.0 Å². The summed E-state index contributed by atoms with van der Waals surface area (Å²) in [5.41, 5.74) is 2.52. The maximum Gasteiger partial charge on any atom is 0.262 e. The summed E-state index contributed by atoms with van der Waals surface area (Å²) in [6.07, 6.45) is 0. The summed E-state index contributed by atoms with van der Waals surface area (Å²) >= 11 is 6.04. The van der Waals surface area contributed by atoms with Crippen LogP contribution >= 0.6 is 11.6 Å². The van der Waals surface area contributed by atoms with E-state index in [9.17, 15) is 4.79 Å². The maximum atomic E-state index is 12.6. The third-order valence-electron chi connectivity index (χ3n) is 5.28. The van der Waals surface area contributed by atoms with E-state index < -0.39 is 0 Å². The van der Waals surface area contributed by atoms with Crippen LogP contribution in [-0.2, 0) is 4.79 Å². The Kier molecular flexibility index (Phi) is 7.60. The summed E-state index contributed by atoms with van der Waals surface area (Å²) in [6, 6.07) is 15.8. The van der Waals surface area contributed by atoms with Gasteiger partial charge in [0, 0.05) is 10.6 Å². The molecule has 0 aliphatic rings. The lowest BCUT2D eigenvalue weighted by Gasteiger charge is -2.12.